The molecular formula is C26H24FN4O9+. The smallest absolute Gasteiger partial charge is 0.423 e. The molecule has 0 bridgehead atoms. The molecule has 1 aliphatic rings. The number of carbonyl (C=O) groups is 6. The van der Waals surface area contributed by atoms with Gasteiger partial charge in [-0.1, -0.05) is 0 Å². The van der Waals surface area contributed by atoms with Crippen molar-refractivity contribution in [2.24, 2.45) is 4.99 Å². The lowest BCUT2D eigenvalue weighted by Crippen LogP contribution is -2.61. The van der Waals surface area contributed by atoms with E-state index in [-0.39, 0.29) is 17.1 Å². The fourth-order valence-electron chi connectivity index (χ4n) is 3.59. The number of aliphatic imine (C=N–C) groups is 1. The summed E-state index contributed by atoms with van der Waals surface area (Å²) in [4.78, 5) is 80.4. The molecular weight excluding hydrogens is 531 g/mol. The molecule has 3 rings (SSSR count). The van der Waals surface area contributed by atoms with Gasteiger partial charge in [-0.2, -0.15) is 4.99 Å². The SMILES string of the molecule is CC(=O)Oc1cc(C(=O)N=C2C(=O)N(C)C(=O)N(c3ccc(F)cc3)C2=[N+](C)C)cc(OC(C)=O)c1OC(C)=O. The number of hydrogen-bond donors (Lipinski definition) is 0. The molecule has 2 aromatic rings. The fourth-order valence-corrected chi connectivity index (χ4v) is 3.59. The van der Waals surface area contributed by atoms with E-state index in [0.717, 1.165) is 54.8 Å². The number of carbonyl (C=O) groups excluding carboxylic acids is 6. The first-order valence-electron chi connectivity index (χ1n) is 11.5. The van der Waals surface area contributed by atoms with Crippen molar-refractivity contribution in [2.45, 2.75) is 20.8 Å². The van der Waals surface area contributed by atoms with Crippen LogP contribution in [0.25, 0.3) is 0 Å². The van der Waals surface area contributed by atoms with Crippen molar-refractivity contribution >= 4 is 53.0 Å². The molecule has 0 spiro atoms. The zero-order valence-corrected chi connectivity index (χ0v) is 22.3. The van der Waals surface area contributed by atoms with Crippen LogP contribution in [0.4, 0.5) is 14.9 Å². The highest BCUT2D eigenvalue weighted by Gasteiger charge is 2.48. The number of ether oxygens (including phenoxy) is 3. The maximum absolute atomic E-state index is 13.6. The number of amidine groups is 1. The summed E-state index contributed by atoms with van der Waals surface area (Å²) in [6.45, 7) is 3.15. The third-order valence-corrected chi connectivity index (χ3v) is 5.15. The van der Waals surface area contributed by atoms with Gasteiger partial charge in [-0.3, -0.25) is 28.5 Å². The molecule has 40 heavy (non-hydrogen) atoms. The highest BCUT2D eigenvalue weighted by Crippen LogP contribution is 2.39. The molecule has 14 heteroatoms. The Morgan fingerprint density at radius 1 is 0.850 bits per heavy atom. The number of rotatable bonds is 5. The first-order valence-corrected chi connectivity index (χ1v) is 11.5. The highest BCUT2D eigenvalue weighted by atomic mass is 19.1. The standard InChI is InChI=1S/C26H24FN4O9/c1-13(32)38-19-11-16(12-20(39-14(2)33)22(19)40-15(3)34)23(35)28-21-24(29(4)5)31(26(37)30(6)25(21)36)18-9-7-17(27)8-10-18/h7-12H,1-6H3/q+1. The summed E-state index contributed by atoms with van der Waals surface area (Å²) >= 11 is 0. The minimum Gasteiger partial charge on any atom is -0.423 e. The molecule has 208 valence electrons. The minimum atomic E-state index is -1.07. The lowest BCUT2D eigenvalue weighted by atomic mass is 10.1. The lowest BCUT2D eigenvalue weighted by Gasteiger charge is -2.28. The Bertz CT molecular complexity index is 1470. The summed E-state index contributed by atoms with van der Waals surface area (Å²) in [6.07, 6.45) is 0. The van der Waals surface area contributed by atoms with Gasteiger partial charge in [0.25, 0.3) is 11.8 Å². The van der Waals surface area contributed by atoms with Crippen LogP contribution < -0.4 is 19.1 Å². The predicted octanol–water partition coefficient (Wildman–Crippen LogP) is 1.95. The Morgan fingerprint density at radius 2 is 1.35 bits per heavy atom. The van der Waals surface area contributed by atoms with Gasteiger partial charge in [-0.05, 0) is 36.4 Å². The molecule has 0 atom stereocenters. The monoisotopic (exact) mass is 555 g/mol. The van der Waals surface area contributed by atoms with Crippen LogP contribution in [0.2, 0.25) is 0 Å². The quantitative estimate of drug-likeness (QED) is 0.306. The van der Waals surface area contributed by atoms with E-state index in [4.69, 9.17) is 14.2 Å². The molecule has 0 aliphatic carbocycles. The Labute approximate surface area is 227 Å². The van der Waals surface area contributed by atoms with Gasteiger partial charge in [0.2, 0.25) is 11.5 Å². The van der Waals surface area contributed by atoms with E-state index in [1.807, 2.05) is 0 Å². The second kappa shape index (κ2) is 11.6. The summed E-state index contributed by atoms with van der Waals surface area (Å²) in [5, 5.41) is 0. The maximum Gasteiger partial charge on any atom is 0.423 e. The van der Waals surface area contributed by atoms with Crippen LogP contribution in [0.15, 0.2) is 41.4 Å². The number of anilines is 1. The molecule has 0 aromatic heterocycles. The zero-order chi connectivity index (χ0) is 29.9. The van der Waals surface area contributed by atoms with Crippen LogP contribution in [-0.2, 0) is 19.2 Å². The Hall–Kier alpha value is -5.27. The number of urea groups is 1. The van der Waals surface area contributed by atoms with Gasteiger partial charge < -0.3 is 14.2 Å². The van der Waals surface area contributed by atoms with Crippen molar-refractivity contribution in [3.63, 3.8) is 0 Å². The predicted molar refractivity (Wildman–Crippen MR) is 136 cm³/mol. The average molecular weight is 555 g/mol. The summed E-state index contributed by atoms with van der Waals surface area (Å²) in [5.74, 6) is -6.48. The van der Waals surface area contributed by atoms with Crippen molar-refractivity contribution in [3.05, 3.63) is 47.8 Å². The summed E-state index contributed by atoms with van der Waals surface area (Å²) in [6, 6.07) is 6.08. The molecule has 0 radical (unpaired) electrons. The second-order valence-corrected chi connectivity index (χ2v) is 8.52. The van der Waals surface area contributed by atoms with Crippen LogP contribution >= 0.6 is 0 Å². The summed E-state index contributed by atoms with van der Waals surface area (Å²) in [5.41, 5.74) is -0.585. The molecule has 0 saturated carbocycles. The number of nitrogens with zero attached hydrogens (tertiary/aromatic N) is 4. The molecule has 0 N–H and O–H groups in total. The topological polar surface area (TPSA) is 152 Å². The zero-order valence-electron chi connectivity index (χ0n) is 22.3. The lowest BCUT2D eigenvalue weighted by molar-refractivity contribution is -0.463. The maximum atomic E-state index is 13.6. The van der Waals surface area contributed by atoms with Crippen LogP contribution in [0.5, 0.6) is 17.2 Å². The van der Waals surface area contributed by atoms with Gasteiger partial charge >= 0.3 is 29.8 Å². The van der Waals surface area contributed by atoms with Crippen molar-refractivity contribution < 1.29 is 51.9 Å². The number of amides is 4. The molecule has 1 aliphatic heterocycles. The number of hydrogen-bond acceptors (Lipinski definition) is 9. The third-order valence-electron chi connectivity index (χ3n) is 5.15. The first-order chi connectivity index (χ1) is 18.7. The molecule has 1 fully saturated rings. The summed E-state index contributed by atoms with van der Waals surface area (Å²) in [7, 11) is 4.19. The van der Waals surface area contributed by atoms with Crippen molar-refractivity contribution in [1.29, 1.82) is 0 Å². The van der Waals surface area contributed by atoms with Gasteiger partial charge in [0.15, 0.2) is 11.5 Å². The van der Waals surface area contributed by atoms with Crippen LogP contribution in [0.3, 0.4) is 0 Å². The largest absolute Gasteiger partial charge is 0.423 e. The van der Waals surface area contributed by atoms with Gasteiger partial charge in [-0.15, -0.1) is 4.90 Å². The van der Waals surface area contributed by atoms with E-state index >= 15 is 0 Å². The van der Waals surface area contributed by atoms with Crippen molar-refractivity contribution in [3.8, 4) is 17.2 Å². The highest BCUT2D eigenvalue weighted by molar-refractivity contribution is 6.73. The minimum absolute atomic E-state index is 0.0926. The number of esters is 3. The van der Waals surface area contributed by atoms with E-state index in [2.05, 4.69) is 4.99 Å². The van der Waals surface area contributed by atoms with E-state index in [0.29, 0.717) is 0 Å². The third kappa shape index (κ3) is 6.23. The van der Waals surface area contributed by atoms with Crippen LogP contribution in [0.1, 0.15) is 31.1 Å². The van der Waals surface area contributed by atoms with Crippen molar-refractivity contribution in [1.82, 2.24) is 4.90 Å². The number of imide groups is 1. The summed E-state index contributed by atoms with van der Waals surface area (Å²) < 4.78 is 30.1. The molecule has 4 amide bonds. The second-order valence-electron chi connectivity index (χ2n) is 8.52. The molecule has 13 nitrogen and oxygen atoms in total. The molecule has 1 saturated heterocycles. The fraction of sp³-hybridized carbons (Fsp3) is 0.231. The van der Waals surface area contributed by atoms with Gasteiger partial charge in [0, 0.05) is 33.4 Å². The normalized spacial score (nSPS) is 14.3. The van der Waals surface area contributed by atoms with E-state index in [1.54, 1.807) is 0 Å². The Morgan fingerprint density at radius 3 is 1.80 bits per heavy atom. The first kappa shape index (κ1) is 29.3. The Kier molecular flexibility index (Phi) is 8.52. The van der Waals surface area contributed by atoms with Crippen LogP contribution in [0, 0.1) is 5.82 Å². The van der Waals surface area contributed by atoms with Crippen molar-refractivity contribution in [2.75, 3.05) is 26.0 Å². The van der Waals surface area contributed by atoms with Gasteiger partial charge in [0.05, 0.1) is 14.1 Å². The molecule has 2 aromatic carbocycles. The van der Waals surface area contributed by atoms with Gasteiger partial charge in [-0.25, -0.2) is 14.1 Å². The van der Waals surface area contributed by atoms with E-state index in [9.17, 15) is 33.2 Å². The van der Waals surface area contributed by atoms with E-state index in [1.165, 1.54) is 37.9 Å². The molecule has 0 unspecified atom stereocenters. The van der Waals surface area contributed by atoms with Gasteiger partial charge in [0.1, 0.15) is 11.5 Å². The molecule has 1 heterocycles. The Balaban J connectivity index is 2.21. The van der Waals surface area contributed by atoms with E-state index < -0.39 is 64.5 Å². The number of benzene rings is 2. The van der Waals surface area contributed by atoms with Crippen LogP contribution in [-0.4, -0.2) is 77.9 Å². The average Bonchev–Trinajstić information content (AvgIpc) is 2.85. The number of halogens is 1.